The molecule has 5 nitrogen and oxygen atoms in total. The molecule has 1 N–H and O–H groups in total. The first-order valence-electron chi connectivity index (χ1n) is 7.25. The fourth-order valence-electron chi connectivity index (χ4n) is 1.91. The number of hydrogen-bond donors (Lipinski definition) is 1. The number of sulfonamides is 1. The maximum absolute atomic E-state index is 12.4. The van der Waals surface area contributed by atoms with E-state index in [4.69, 9.17) is 12.2 Å². The quantitative estimate of drug-likeness (QED) is 0.585. The summed E-state index contributed by atoms with van der Waals surface area (Å²) >= 11 is 6.73. The molecule has 0 saturated heterocycles. The number of nitrogens with one attached hydrogen (secondary N) is 1. The van der Waals surface area contributed by atoms with E-state index in [9.17, 15) is 13.2 Å². The highest BCUT2D eigenvalue weighted by atomic mass is 32.2. The van der Waals surface area contributed by atoms with Gasteiger partial charge in [0.1, 0.15) is 4.32 Å². The summed E-state index contributed by atoms with van der Waals surface area (Å²) in [6, 6.07) is 6.39. The monoisotopic (exact) mass is 374 g/mol. The molecule has 1 aromatic rings. The molecule has 0 amide bonds. The number of carbonyl (C=O) groups is 1. The molecule has 0 spiro atoms. The Morgan fingerprint density at radius 3 is 2.22 bits per heavy atom. The van der Waals surface area contributed by atoms with Crippen molar-refractivity contribution >= 4 is 49.8 Å². The first kappa shape index (κ1) is 19.9. The summed E-state index contributed by atoms with van der Waals surface area (Å²) in [5.41, 5.74) is 0.967. The molecule has 0 aliphatic carbocycles. The third-order valence-corrected chi connectivity index (χ3v) is 5.32. The first-order chi connectivity index (χ1) is 10.7. The summed E-state index contributed by atoms with van der Waals surface area (Å²) in [6.45, 7) is 7.50. The van der Waals surface area contributed by atoms with Crippen molar-refractivity contribution in [2.24, 2.45) is 0 Å². The van der Waals surface area contributed by atoms with Crippen molar-refractivity contribution in [2.45, 2.75) is 26.0 Å². The first-order valence-corrected chi connectivity index (χ1v) is 10.4. The minimum Gasteiger partial charge on any atom is -0.358 e. The van der Waals surface area contributed by atoms with Crippen LogP contribution in [0.3, 0.4) is 0 Å². The number of anilines is 1. The van der Waals surface area contributed by atoms with E-state index in [0.29, 0.717) is 15.6 Å². The van der Waals surface area contributed by atoms with E-state index in [-0.39, 0.29) is 11.0 Å². The molecule has 1 aromatic carbocycles. The van der Waals surface area contributed by atoms with Crippen LogP contribution in [0.4, 0.5) is 5.69 Å². The van der Waals surface area contributed by atoms with Gasteiger partial charge in [-0.2, -0.15) is 0 Å². The van der Waals surface area contributed by atoms with Gasteiger partial charge in [-0.3, -0.25) is 9.52 Å². The van der Waals surface area contributed by atoms with Gasteiger partial charge in [-0.15, -0.1) is 0 Å². The third-order valence-electron chi connectivity index (χ3n) is 3.14. The zero-order valence-corrected chi connectivity index (χ0v) is 16.1. The number of ketones is 1. The number of carbonyl (C=O) groups excluding carboxylic acids is 1. The molecule has 1 atom stereocenters. The van der Waals surface area contributed by atoms with Gasteiger partial charge in [0.25, 0.3) is 0 Å². The van der Waals surface area contributed by atoms with Gasteiger partial charge in [-0.1, -0.05) is 24.0 Å². The number of nitrogens with zero attached hydrogens (tertiary/aromatic N) is 1. The average Bonchev–Trinajstić information content (AvgIpc) is 2.46. The number of thiocarbonyl (C=S) groups is 1. The maximum atomic E-state index is 12.4. The highest BCUT2D eigenvalue weighted by Gasteiger charge is 2.19. The van der Waals surface area contributed by atoms with Crippen LogP contribution < -0.4 is 4.72 Å². The number of benzene rings is 1. The van der Waals surface area contributed by atoms with Gasteiger partial charge in [0.05, 0.1) is 11.5 Å². The largest absolute Gasteiger partial charge is 0.358 e. The Kier molecular flexibility index (Phi) is 7.50. The third kappa shape index (κ3) is 6.48. The molecule has 0 fully saturated rings. The molecule has 0 aliphatic heterocycles. The van der Waals surface area contributed by atoms with Crippen molar-refractivity contribution in [2.75, 3.05) is 24.1 Å². The zero-order chi connectivity index (χ0) is 17.6. The molecule has 0 radical (unpaired) electrons. The summed E-state index contributed by atoms with van der Waals surface area (Å²) < 4.78 is 25.4. The van der Waals surface area contributed by atoms with Crippen LogP contribution in [-0.2, 0) is 10.0 Å². The van der Waals surface area contributed by atoms with Crippen molar-refractivity contribution < 1.29 is 13.2 Å². The number of Topliss-reactive ketones (excluding diaryl/α,β-unsaturated/α-hetero) is 1. The second-order valence-electron chi connectivity index (χ2n) is 5.01. The molecule has 0 aromatic heterocycles. The highest BCUT2D eigenvalue weighted by molar-refractivity contribution is 8.23. The Bertz CT molecular complexity index is 653. The van der Waals surface area contributed by atoms with E-state index >= 15 is 0 Å². The average molecular weight is 375 g/mol. The fourth-order valence-corrected chi connectivity index (χ4v) is 4.12. The maximum Gasteiger partial charge on any atom is 0.229 e. The molecule has 0 aliphatic rings. The van der Waals surface area contributed by atoms with Gasteiger partial charge in [-0.05, 0) is 45.0 Å². The normalized spacial score (nSPS) is 12.5. The minimum absolute atomic E-state index is 0.0320. The minimum atomic E-state index is -3.32. The Balaban J connectivity index is 2.75. The topological polar surface area (TPSA) is 66.5 Å². The smallest absolute Gasteiger partial charge is 0.229 e. The van der Waals surface area contributed by atoms with Gasteiger partial charge in [0, 0.05) is 24.3 Å². The molecule has 8 heteroatoms. The summed E-state index contributed by atoms with van der Waals surface area (Å²) in [7, 11) is -3.32. The second kappa shape index (κ2) is 8.65. The van der Waals surface area contributed by atoms with Crippen LogP contribution >= 0.6 is 24.0 Å². The molecular formula is C15H22N2O3S3. The van der Waals surface area contributed by atoms with Crippen LogP contribution in [0.5, 0.6) is 0 Å². The number of rotatable bonds is 7. The molecular weight excluding hydrogens is 352 g/mol. The van der Waals surface area contributed by atoms with E-state index in [0.717, 1.165) is 19.3 Å². The molecule has 0 saturated carbocycles. The van der Waals surface area contributed by atoms with Gasteiger partial charge in [0.15, 0.2) is 5.78 Å². The second-order valence-corrected chi connectivity index (χ2v) is 8.74. The SMILES string of the molecule is CCN(CC)C(=S)S[C@@H](C)C(=O)c1ccc(NS(C)(=O)=O)cc1. The lowest BCUT2D eigenvalue weighted by molar-refractivity contribution is 0.0994. The van der Waals surface area contributed by atoms with Crippen LogP contribution in [-0.4, -0.2) is 48.0 Å². The molecule has 0 heterocycles. The lowest BCUT2D eigenvalue weighted by Gasteiger charge is -2.22. The highest BCUT2D eigenvalue weighted by Crippen LogP contribution is 2.21. The van der Waals surface area contributed by atoms with E-state index in [1.54, 1.807) is 24.3 Å². The lowest BCUT2D eigenvalue weighted by Crippen LogP contribution is -2.29. The van der Waals surface area contributed by atoms with Gasteiger partial charge >= 0.3 is 0 Å². The Morgan fingerprint density at radius 1 is 1.26 bits per heavy atom. The van der Waals surface area contributed by atoms with Crippen molar-refractivity contribution in [3.05, 3.63) is 29.8 Å². The van der Waals surface area contributed by atoms with Crippen molar-refractivity contribution in [1.82, 2.24) is 4.90 Å². The molecule has 128 valence electrons. The Hall–Kier alpha value is -1.12. The predicted octanol–water partition coefficient (Wildman–Crippen LogP) is 2.99. The predicted molar refractivity (Wildman–Crippen MR) is 102 cm³/mol. The van der Waals surface area contributed by atoms with E-state index in [2.05, 4.69) is 4.72 Å². The van der Waals surface area contributed by atoms with E-state index in [1.807, 2.05) is 25.7 Å². The van der Waals surface area contributed by atoms with Crippen LogP contribution in [0.1, 0.15) is 31.1 Å². The van der Waals surface area contributed by atoms with E-state index < -0.39 is 10.0 Å². The van der Waals surface area contributed by atoms with Crippen LogP contribution in [0, 0.1) is 0 Å². The summed E-state index contributed by atoms with van der Waals surface area (Å²) in [4.78, 5) is 14.5. The Morgan fingerprint density at radius 2 is 1.78 bits per heavy atom. The molecule has 0 bridgehead atoms. The van der Waals surface area contributed by atoms with Crippen molar-refractivity contribution in [3.63, 3.8) is 0 Å². The Labute approximate surface area is 147 Å². The number of hydrogen-bond acceptors (Lipinski definition) is 5. The van der Waals surface area contributed by atoms with Crippen LogP contribution in [0.2, 0.25) is 0 Å². The van der Waals surface area contributed by atoms with Gasteiger partial charge in [-0.25, -0.2) is 8.42 Å². The zero-order valence-electron chi connectivity index (χ0n) is 13.7. The summed E-state index contributed by atoms with van der Waals surface area (Å²) in [6.07, 6.45) is 1.08. The number of thioether (sulfide) groups is 1. The summed E-state index contributed by atoms with van der Waals surface area (Å²) in [5.74, 6) is -0.0320. The fraction of sp³-hybridized carbons (Fsp3) is 0.467. The van der Waals surface area contributed by atoms with Gasteiger partial charge < -0.3 is 4.90 Å². The van der Waals surface area contributed by atoms with Crippen molar-refractivity contribution in [1.29, 1.82) is 0 Å². The van der Waals surface area contributed by atoms with E-state index in [1.165, 1.54) is 11.8 Å². The molecule has 0 unspecified atom stereocenters. The van der Waals surface area contributed by atoms with Crippen molar-refractivity contribution in [3.8, 4) is 0 Å². The molecule has 23 heavy (non-hydrogen) atoms. The standard InChI is InChI=1S/C15H22N2O3S3/c1-5-17(6-2)15(21)22-11(3)14(18)12-7-9-13(10-8-12)16-23(4,19)20/h7-11,16H,5-6H2,1-4H3/t11-/m0/s1. The molecule has 1 rings (SSSR count). The lowest BCUT2D eigenvalue weighted by atomic mass is 10.1. The summed E-state index contributed by atoms with van der Waals surface area (Å²) in [5, 5.41) is -0.295. The van der Waals surface area contributed by atoms with Crippen LogP contribution in [0.25, 0.3) is 0 Å². The van der Waals surface area contributed by atoms with Gasteiger partial charge in [0.2, 0.25) is 10.0 Å². The van der Waals surface area contributed by atoms with Crippen LogP contribution in [0.15, 0.2) is 24.3 Å².